The average molecular weight is 630 g/mol. The predicted molar refractivity (Wildman–Crippen MR) is 169 cm³/mol. The highest BCUT2D eigenvalue weighted by atomic mass is 32.2. The van der Waals surface area contributed by atoms with Crippen LogP contribution in [0.15, 0.2) is 96.1 Å². The summed E-state index contributed by atoms with van der Waals surface area (Å²) in [6, 6.07) is 22.1. The van der Waals surface area contributed by atoms with Crippen LogP contribution >= 0.6 is 0 Å². The van der Waals surface area contributed by atoms with Crippen molar-refractivity contribution < 1.29 is 21.6 Å². The average Bonchev–Trinajstić information content (AvgIpc) is 3.03. The SMILES string of the molecule is CS(=O)(=O)N1CCN(c2ccc(-n3c(=O)ccc4cnc5ccc(-c6cnc7ccccc7c6)cc5c43)cc2C(F)(F)F)CC1. The Labute approximate surface area is 256 Å². The van der Waals surface area contributed by atoms with Crippen LogP contribution < -0.4 is 10.5 Å². The molecule has 1 aliphatic heterocycles. The van der Waals surface area contributed by atoms with Gasteiger partial charge < -0.3 is 4.90 Å². The van der Waals surface area contributed by atoms with Crippen LogP contribution in [0, 0.1) is 0 Å². The molecular weight excluding hydrogens is 603 g/mol. The van der Waals surface area contributed by atoms with Crippen LogP contribution in [0.5, 0.6) is 0 Å². The van der Waals surface area contributed by atoms with Crippen LogP contribution in [-0.2, 0) is 16.2 Å². The van der Waals surface area contributed by atoms with E-state index in [1.54, 1.807) is 18.5 Å². The largest absolute Gasteiger partial charge is 0.418 e. The second-order valence-electron chi connectivity index (χ2n) is 11.1. The fourth-order valence-corrected chi connectivity index (χ4v) is 6.83. The second kappa shape index (κ2) is 10.7. The molecule has 0 amide bonds. The van der Waals surface area contributed by atoms with Gasteiger partial charge in [0.1, 0.15) is 0 Å². The number of nitrogens with zero attached hydrogens (tertiary/aromatic N) is 5. The maximum Gasteiger partial charge on any atom is 0.418 e. The van der Waals surface area contributed by atoms with Crippen LogP contribution in [0.25, 0.3) is 49.5 Å². The van der Waals surface area contributed by atoms with E-state index in [9.17, 15) is 26.4 Å². The van der Waals surface area contributed by atoms with E-state index >= 15 is 0 Å². The molecule has 4 heterocycles. The van der Waals surface area contributed by atoms with Gasteiger partial charge in [-0.25, -0.2) is 8.42 Å². The van der Waals surface area contributed by atoms with Crippen molar-refractivity contribution in [3.63, 3.8) is 0 Å². The predicted octanol–water partition coefficient (Wildman–Crippen LogP) is 5.85. The van der Waals surface area contributed by atoms with Gasteiger partial charge in [0.15, 0.2) is 0 Å². The minimum Gasteiger partial charge on any atom is -0.368 e. The fraction of sp³-hybridized carbons (Fsp3) is 0.182. The summed E-state index contributed by atoms with van der Waals surface area (Å²) in [7, 11) is -3.45. The molecule has 0 bridgehead atoms. The van der Waals surface area contributed by atoms with E-state index < -0.39 is 27.3 Å². The maximum absolute atomic E-state index is 14.5. The van der Waals surface area contributed by atoms with Gasteiger partial charge in [-0.2, -0.15) is 17.5 Å². The van der Waals surface area contributed by atoms with Gasteiger partial charge in [-0.3, -0.25) is 19.3 Å². The summed E-state index contributed by atoms with van der Waals surface area (Å²) in [5.74, 6) is 0. The second-order valence-corrected chi connectivity index (χ2v) is 13.0. The first-order valence-corrected chi connectivity index (χ1v) is 16.0. The molecule has 0 saturated carbocycles. The van der Waals surface area contributed by atoms with Gasteiger partial charge in [0.2, 0.25) is 10.0 Å². The molecule has 0 N–H and O–H groups in total. The van der Waals surface area contributed by atoms with Crippen molar-refractivity contribution in [3.8, 4) is 16.8 Å². The van der Waals surface area contributed by atoms with Crippen molar-refractivity contribution >= 4 is 48.4 Å². The van der Waals surface area contributed by atoms with Crippen molar-refractivity contribution in [1.29, 1.82) is 0 Å². The molecule has 0 unspecified atom stereocenters. The lowest BCUT2D eigenvalue weighted by Crippen LogP contribution is -2.48. The first kappa shape index (κ1) is 28.9. The zero-order valence-electron chi connectivity index (χ0n) is 24.0. The van der Waals surface area contributed by atoms with E-state index in [-0.39, 0.29) is 37.6 Å². The first-order valence-electron chi connectivity index (χ1n) is 14.2. The molecule has 45 heavy (non-hydrogen) atoms. The smallest absolute Gasteiger partial charge is 0.368 e. The van der Waals surface area contributed by atoms with E-state index in [0.29, 0.717) is 21.8 Å². The Morgan fingerprint density at radius 3 is 2.27 bits per heavy atom. The highest BCUT2D eigenvalue weighted by Gasteiger charge is 2.36. The van der Waals surface area contributed by atoms with E-state index in [4.69, 9.17) is 0 Å². The number of sulfonamides is 1. The summed E-state index contributed by atoms with van der Waals surface area (Å²) in [6.07, 6.45) is -0.279. The minimum atomic E-state index is -4.73. The van der Waals surface area contributed by atoms with Gasteiger partial charge in [-0.15, -0.1) is 0 Å². The van der Waals surface area contributed by atoms with Crippen molar-refractivity contribution in [1.82, 2.24) is 18.8 Å². The zero-order chi connectivity index (χ0) is 31.5. The Bertz CT molecular complexity index is 2300. The molecule has 0 spiro atoms. The number of halogens is 3. The number of benzene rings is 3. The van der Waals surface area contributed by atoms with E-state index in [1.807, 2.05) is 48.5 Å². The number of pyridine rings is 3. The van der Waals surface area contributed by atoms with Crippen LogP contribution in [-0.4, -0.2) is 59.7 Å². The molecule has 1 fully saturated rings. The van der Waals surface area contributed by atoms with Crippen molar-refractivity contribution in [2.24, 2.45) is 0 Å². The summed E-state index contributed by atoms with van der Waals surface area (Å²) >= 11 is 0. The topological polar surface area (TPSA) is 88.4 Å². The highest BCUT2D eigenvalue weighted by Crippen LogP contribution is 2.39. The number of rotatable bonds is 4. The maximum atomic E-state index is 14.5. The summed E-state index contributed by atoms with van der Waals surface area (Å²) in [5.41, 5.74) is 2.13. The lowest BCUT2D eigenvalue weighted by Gasteiger charge is -2.36. The number of anilines is 1. The summed E-state index contributed by atoms with van der Waals surface area (Å²) in [5, 5.41) is 2.15. The number of hydrogen-bond acceptors (Lipinski definition) is 6. The molecule has 228 valence electrons. The molecule has 0 radical (unpaired) electrons. The standard InChI is InChI=1S/C33H26F3N5O3S/c1-45(43,44)40-14-12-39(13-15-40)30-10-8-25(18-27(30)33(34,35)36)41-31(42)11-7-23-19-38-29-9-6-21(17-26(29)32(23)41)24-16-22-4-2-3-5-28(22)37-20-24/h2-11,16-20H,12-15H2,1H3. The number of fused-ring (bicyclic) bond motifs is 4. The van der Waals surface area contributed by atoms with Crippen molar-refractivity contribution in [2.75, 3.05) is 37.3 Å². The number of alkyl halides is 3. The number of hydrogen-bond donors (Lipinski definition) is 0. The van der Waals surface area contributed by atoms with Crippen LogP contribution in [0.3, 0.4) is 0 Å². The highest BCUT2D eigenvalue weighted by molar-refractivity contribution is 7.88. The fourth-order valence-electron chi connectivity index (χ4n) is 6.00. The molecule has 1 saturated heterocycles. The third-order valence-electron chi connectivity index (χ3n) is 8.23. The van der Waals surface area contributed by atoms with E-state index in [1.165, 1.54) is 32.0 Å². The molecule has 0 aliphatic carbocycles. The molecular formula is C33H26F3N5O3S. The lowest BCUT2D eigenvalue weighted by atomic mass is 10.0. The lowest BCUT2D eigenvalue weighted by molar-refractivity contribution is -0.137. The van der Waals surface area contributed by atoms with E-state index in [2.05, 4.69) is 9.97 Å². The normalized spacial score (nSPS) is 14.9. The van der Waals surface area contributed by atoms with Gasteiger partial charge in [0.25, 0.3) is 5.56 Å². The minimum absolute atomic E-state index is 0.0571. The van der Waals surface area contributed by atoms with Crippen LogP contribution in [0.4, 0.5) is 18.9 Å². The monoisotopic (exact) mass is 629 g/mol. The first-order chi connectivity index (χ1) is 21.5. The molecule has 0 atom stereocenters. The Balaban J connectivity index is 1.38. The Hall–Kier alpha value is -4.81. The van der Waals surface area contributed by atoms with E-state index in [0.717, 1.165) is 34.4 Å². The van der Waals surface area contributed by atoms with Crippen molar-refractivity contribution in [2.45, 2.75) is 6.18 Å². The molecule has 3 aromatic heterocycles. The molecule has 6 aromatic rings. The Kier molecular flexibility index (Phi) is 6.86. The van der Waals surface area contributed by atoms with Gasteiger partial charge in [0, 0.05) is 72.0 Å². The zero-order valence-corrected chi connectivity index (χ0v) is 24.8. The molecule has 7 rings (SSSR count). The van der Waals surface area contributed by atoms with Gasteiger partial charge >= 0.3 is 6.18 Å². The van der Waals surface area contributed by atoms with Crippen molar-refractivity contribution in [3.05, 3.63) is 107 Å². The molecule has 8 nitrogen and oxygen atoms in total. The summed E-state index contributed by atoms with van der Waals surface area (Å²) < 4.78 is 70.1. The van der Waals surface area contributed by atoms with Gasteiger partial charge in [-0.05, 0) is 54.1 Å². The number of para-hydroxylation sites is 1. The molecule has 3 aromatic carbocycles. The summed E-state index contributed by atoms with van der Waals surface area (Å²) in [4.78, 5) is 24.1. The Morgan fingerprint density at radius 2 is 1.51 bits per heavy atom. The van der Waals surface area contributed by atoms with Gasteiger partial charge in [0.05, 0.1) is 34.1 Å². The van der Waals surface area contributed by atoms with Crippen LogP contribution in [0.1, 0.15) is 5.56 Å². The Morgan fingerprint density at radius 1 is 0.756 bits per heavy atom. The number of piperazine rings is 1. The third kappa shape index (κ3) is 5.29. The number of aromatic nitrogens is 3. The van der Waals surface area contributed by atoms with Gasteiger partial charge in [-0.1, -0.05) is 24.3 Å². The third-order valence-corrected chi connectivity index (χ3v) is 9.54. The quantitative estimate of drug-likeness (QED) is 0.227. The molecule has 1 aliphatic rings. The van der Waals surface area contributed by atoms with Crippen LogP contribution in [0.2, 0.25) is 0 Å². The molecule has 12 heteroatoms. The summed E-state index contributed by atoms with van der Waals surface area (Å²) in [6.45, 7) is 0.363.